The molecule has 2 unspecified atom stereocenters. The lowest BCUT2D eigenvalue weighted by molar-refractivity contribution is 0.193. The van der Waals surface area contributed by atoms with E-state index in [1.165, 1.54) is 50.5 Å². The maximum absolute atomic E-state index is 3.64. The van der Waals surface area contributed by atoms with Crippen molar-refractivity contribution < 1.29 is 0 Å². The molecule has 0 aromatic heterocycles. The SMILES string of the molecule is CN(C)CC1CCCN1CC1CSCCN1. The van der Waals surface area contributed by atoms with Crippen molar-refractivity contribution in [3.63, 3.8) is 0 Å². The van der Waals surface area contributed by atoms with Crippen LogP contribution in [-0.4, -0.2) is 73.7 Å². The quantitative estimate of drug-likeness (QED) is 0.784. The predicted octanol–water partition coefficient (Wildman–Crippen LogP) is 0.717. The molecule has 0 aromatic carbocycles. The summed E-state index contributed by atoms with van der Waals surface area (Å²) >= 11 is 2.10. The van der Waals surface area contributed by atoms with Crippen LogP contribution in [0.2, 0.25) is 0 Å². The second kappa shape index (κ2) is 6.24. The smallest absolute Gasteiger partial charge is 0.0286 e. The van der Waals surface area contributed by atoms with Crippen LogP contribution < -0.4 is 5.32 Å². The van der Waals surface area contributed by atoms with Gasteiger partial charge in [0.2, 0.25) is 0 Å². The van der Waals surface area contributed by atoms with Gasteiger partial charge in [-0.2, -0.15) is 11.8 Å². The van der Waals surface area contributed by atoms with Crippen molar-refractivity contribution in [3.05, 3.63) is 0 Å². The van der Waals surface area contributed by atoms with E-state index in [0.717, 1.165) is 12.1 Å². The first kappa shape index (κ1) is 12.7. The first-order chi connectivity index (χ1) is 7.75. The van der Waals surface area contributed by atoms with Crippen LogP contribution in [0.3, 0.4) is 0 Å². The molecule has 0 aromatic rings. The molecule has 2 saturated heterocycles. The van der Waals surface area contributed by atoms with Gasteiger partial charge in [0.1, 0.15) is 0 Å². The number of hydrogen-bond donors (Lipinski definition) is 1. The molecule has 2 heterocycles. The van der Waals surface area contributed by atoms with E-state index < -0.39 is 0 Å². The maximum atomic E-state index is 3.64. The molecule has 94 valence electrons. The lowest BCUT2D eigenvalue weighted by Crippen LogP contribution is -2.48. The van der Waals surface area contributed by atoms with Gasteiger partial charge in [0.25, 0.3) is 0 Å². The molecule has 0 amide bonds. The Labute approximate surface area is 104 Å². The minimum Gasteiger partial charge on any atom is -0.311 e. The van der Waals surface area contributed by atoms with Crippen molar-refractivity contribution in [1.29, 1.82) is 0 Å². The third-order valence-corrected chi connectivity index (χ3v) is 4.66. The molecule has 3 nitrogen and oxygen atoms in total. The summed E-state index contributed by atoms with van der Waals surface area (Å²) < 4.78 is 0. The lowest BCUT2D eigenvalue weighted by Gasteiger charge is -2.32. The zero-order chi connectivity index (χ0) is 11.4. The van der Waals surface area contributed by atoms with E-state index in [1.807, 2.05) is 0 Å². The molecule has 1 N–H and O–H groups in total. The minimum atomic E-state index is 0.724. The largest absolute Gasteiger partial charge is 0.311 e. The first-order valence-electron chi connectivity index (χ1n) is 6.45. The molecule has 16 heavy (non-hydrogen) atoms. The molecule has 2 fully saturated rings. The van der Waals surface area contributed by atoms with Gasteiger partial charge in [-0.15, -0.1) is 0 Å². The summed E-state index contributed by atoms with van der Waals surface area (Å²) in [5.41, 5.74) is 0. The van der Waals surface area contributed by atoms with Crippen molar-refractivity contribution in [2.45, 2.75) is 24.9 Å². The standard InChI is InChI=1S/C12H25N3S/c1-14(2)9-12-4-3-6-15(12)8-11-10-16-7-5-13-11/h11-13H,3-10H2,1-2H3. The van der Waals surface area contributed by atoms with Crippen LogP contribution in [0.4, 0.5) is 0 Å². The van der Waals surface area contributed by atoms with Crippen molar-refractivity contribution in [3.8, 4) is 0 Å². The highest BCUT2D eigenvalue weighted by molar-refractivity contribution is 7.99. The maximum Gasteiger partial charge on any atom is 0.0286 e. The molecule has 0 bridgehead atoms. The average molecular weight is 243 g/mol. The number of likely N-dealkylation sites (tertiary alicyclic amines) is 1. The Kier molecular flexibility index (Phi) is 4.95. The summed E-state index contributed by atoms with van der Waals surface area (Å²) in [4.78, 5) is 5.02. The van der Waals surface area contributed by atoms with Gasteiger partial charge in [0.15, 0.2) is 0 Å². The van der Waals surface area contributed by atoms with Crippen LogP contribution in [0, 0.1) is 0 Å². The Bertz CT molecular complexity index is 204. The van der Waals surface area contributed by atoms with E-state index in [0.29, 0.717) is 0 Å². The van der Waals surface area contributed by atoms with E-state index in [2.05, 4.69) is 41.0 Å². The molecular formula is C12H25N3S. The fourth-order valence-corrected chi connectivity index (χ4v) is 3.72. The van der Waals surface area contributed by atoms with Gasteiger partial charge < -0.3 is 10.2 Å². The number of nitrogens with zero attached hydrogens (tertiary/aromatic N) is 2. The van der Waals surface area contributed by atoms with Crippen molar-refractivity contribution in [2.75, 3.05) is 51.8 Å². The van der Waals surface area contributed by atoms with Gasteiger partial charge in [0, 0.05) is 43.2 Å². The predicted molar refractivity (Wildman–Crippen MR) is 72.3 cm³/mol. The number of rotatable bonds is 4. The number of hydrogen-bond acceptors (Lipinski definition) is 4. The molecule has 2 aliphatic rings. The van der Waals surface area contributed by atoms with Crippen LogP contribution in [-0.2, 0) is 0 Å². The summed E-state index contributed by atoms with van der Waals surface area (Å²) in [6, 6.07) is 1.52. The van der Waals surface area contributed by atoms with E-state index in [4.69, 9.17) is 0 Å². The minimum absolute atomic E-state index is 0.724. The second-order valence-corrected chi connectivity index (χ2v) is 6.43. The molecule has 0 radical (unpaired) electrons. The summed E-state index contributed by atoms with van der Waals surface area (Å²) in [6.07, 6.45) is 2.77. The van der Waals surface area contributed by atoms with E-state index in [-0.39, 0.29) is 0 Å². The number of thioether (sulfide) groups is 1. The van der Waals surface area contributed by atoms with Crippen LogP contribution in [0.5, 0.6) is 0 Å². The van der Waals surface area contributed by atoms with Crippen LogP contribution >= 0.6 is 11.8 Å². The second-order valence-electron chi connectivity index (χ2n) is 5.28. The Balaban J connectivity index is 1.78. The van der Waals surface area contributed by atoms with E-state index in [9.17, 15) is 0 Å². The van der Waals surface area contributed by atoms with Gasteiger partial charge in [-0.05, 0) is 33.5 Å². The third-order valence-electron chi connectivity index (χ3n) is 3.53. The Morgan fingerprint density at radius 2 is 2.31 bits per heavy atom. The summed E-state index contributed by atoms with van der Waals surface area (Å²) in [5.74, 6) is 2.59. The Morgan fingerprint density at radius 3 is 3.00 bits per heavy atom. The van der Waals surface area contributed by atoms with Crippen LogP contribution in [0.25, 0.3) is 0 Å². The lowest BCUT2D eigenvalue weighted by atomic mass is 10.2. The molecule has 2 atom stereocenters. The topological polar surface area (TPSA) is 18.5 Å². The van der Waals surface area contributed by atoms with Crippen LogP contribution in [0.1, 0.15) is 12.8 Å². The van der Waals surface area contributed by atoms with Gasteiger partial charge in [0.05, 0.1) is 0 Å². The Hall–Kier alpha value is 0.230. The molecule has 0 saturated carbocycles. The monoisotopic (exact) mass is 243 g/mol. The fraction of sp³-hybridized carbons (Fsp3) is 1.00. The van der Waals surface area contributed by atoms with E-state index >= 15 is 0 Å². The van der Waals surface area contributed by atoms with Crippen molar-refractivity contribution in [2.24, 2.45) is 0 Å². The fourth-order valence-electron chi connectivity index (χ4n) is 2.78. The highest BCUT2D eigenvalue weighted by Gasteiger charge is 2.27. The molecule has 2 rings (SSSR count). The zero-order valence-corrected chi connectivity index (χ0v) is 11.4. The number of likely N-dealkylation sites (N-methyl/N-ethyl adjacent to an activating group) is 1. The first-order valence-corrected chi connectivity index (χ1v) is 7.61. The highest BCUT2D eigenvalue weighted by atomic mass is 32.2. The number of nitrogens with one attached hydrogen (secondary N) is 1. The van der Waals surface area contributed by atoms with Gasteiger partial charge in [-0.1, -0.05) is 0 Å². The third kappa shape index (κ3) is 3.62. The summed E-state index contributed by atoms with van der Waals surface area (Å²) in [6.45, 7) is 4.98. The van der Waals surface area contributed by atoms with Crippen molar-refractivity contribution in [1.82, 2.24) is 15.1 Å². The van der Waals surface area contributed by atoms with Gasteiger partial charge in [-0.25, -0.2) is 0 Å². The van der Waals surface area contributed by atoms with Gasteiger partial charge >= 0.3 is 0 Å². The average Bonchev–Trinajstić information content (AvgIpc) is 2.66. The molecule has 0 spiro atoms. The van der Waals surface area contributed by atoms with Crippen molar-refractivity contribution >= 4 is 11.8 Å². The van der Waals surface area contributed by atoms with Crippen LogP contribution in [0.15, 0.2) is 0 Å². The van der Waals surface area contributed by atoms with Gasteiger partial charge in [-0.3, -0.25) is 4.90 Å². The summed E-state index contributed by atoms with van der Waals surface area (Å²) in [5, 5.41) is 3.64. The molecule has 2 aliphatic heterocycles. The summed E-state index contributed by atoms with van der Waals surface area (Å²) in [7, 11) is 4.37. The highest BCUT2D eigenvalue weighted by Crippen LogP contribution is 2.19. The van der Waals surface area contributed by atoms with E-state index in [1.54, 1.807) is 0 Å². The molecule has 4 heteroatoms. The Morgan fingerprint density at radius 1 is 1.44 bits per heavy atom. The zero-order valence-electron chi connectivity index (χ0n) is 10.6. The molecular weight excluding hydrogens is 218 g/mol. The molecule has 0 aliphatic carbocycles. The normalized spacial score (nSPS) is 32.4.